The van der Waals surface area contributed by atoms with Crippen LogP contribution in [-0.4, -0.2) is 56.0 Å². The monoisotopic (exact) mass is 341 g/mol. The summed E-state index contributed by atoms with van der Waals surface area (Å²) in [5.74, 6) is 2.10. The Labute approximate surface area is 142 Å². The first-order chi connectivity index (χ1) is 11.8. The van der Waals surface area contributed by atoms with E-state index in [0.717, 1.165) is 24.6 Å². The molecule has 0 spiro atoms. The minimum Gasteiger partial charge on any atom is -0.360 e. The molecule has 0 saturated carbocycles. The first-order valence-corrected chi connectivity index (χ1v) is 8.51. The molecule has 0 atom stereocenters. The molecule has 1 amide bonds. The number of H-pyrrole nitrogens is 1. The molecular weight excluding hydrogens is 326 g/mol. The number of nitrogens with zero attached hydrogens (tertiary/aromatic N) is 5. The van der Waals surface area contributed by atoms with E-state index < -0.39 is 0 Å². The Bertz CT molecular complexity index is 775. The molecule has 9 heteroatoms. The topological polar surface area (TPSA) is 111 Å². The van der Waals surface area contributed by atoms with E-state index in [0.29, 0.717) is 11.3 Å². The summed E-state index contributed by atoms with van der Waals surface area (Å²) in [5.41, 5.74) is 1.43. The van der Waals surface area contributed by atoms with Crippen LogP contribution in [0.2, 0.25) is 0 Å². The van der Waals surface area contributed by atoms with Gasteiger partial charge in [-0.2, -0.15) is 22.2 Å². The lowest BCUT2D eigenvalue weighted by atomic mass is 10.1. The number of allylic oxidation sites excluding steroid dienone is 1. The van der Waals surface area contributed by atoms with Crippen molar-refractivity contribution in [1.82, 2.24) is 25.5 Å². The lowest BCUT2D eigenvalue weighted by Gasteiger charge is -2.27. The molecule has 24 heavy (non-hydrogen) atoms. The lowest BCUT2D eigenvalue weighted by molar-refractivity contribution is 0.0773. The maximum Gasteiger partial charge on any atom is 0.256 e. The average Bonchev–Trinajstić information content (AvgIpc) is 3.17. The molecule has 1 aliphatic rings. The van der Waals surface area contributed by atoms with Crippen molar-refractivity contribution in [3.05, 3.63) is 41.9 Å². The third-order valence-electron chi connectivity index (χ3n) is 3.53. The Morgan fingerprint density at radius 1 is 1.38 bits per heavy atom. The smallest absolute Gasteiger partial charge is 0.256 e. The number of tetrazole rings is 1. The number of amides is 1. The summed E-state index contributed by atoms with van der Waals surface area (Å²) in [7, 11) is 0. The summed E-state index contributed by atoms with van der Waals surface area (Å²) in [6, 6.07) is 9.24. The number of aromatic amines is 1. The van der Waals surface area contributed by atoms with Crippen molar-refractivity contribution in [3.63, 3.8) is 0 Å². The number of carbonyl (C=O) groups is 1. The van der Waals surface area contributed by atoms with Gasteiger partial charge in [-0.1, -0.05) is 12.1 Å². The fourth-order valence-corrected chi connectivity index (χ4v) is 3.21. The number of hydrogen-bond donors (Lipinski definition) is 2. The standard InChI is InChI=1S/C15H15N7OS/c16-9-11(14-18-20-21-19-14)10-17-13-4-2-1-3-12(13)15(23)22-5-7-24-8-6-22/h1-4,10,17H,5-8H2,(H,18,19,20,21). The maximum atomic E-state index is 12.7. The molecule has 3 rings (SSSR count). The average molecular weight is 341 g/mol. The van der Waals surface area contributed by atoms with E-state index in [2.05, 4.69) is 25.9 Å². The highest BCUT2D eigenvalue weighted by atomic mass is 32.2. The number of hydrogen-bond acceptors (Lipinski definition) is 7. The fraction of sp³-hybridized carbons (Fsp3) is 0.267. The Kier molecular flexibility index (Phi) is 5.08. The second-order valence-electron chi connectivity index (χ2n) is 5.00. The number of nitrogens with one attached hydrogen (secondary N) is 2. The number of aromatic nitrogens is 4. The molecule has 1 aliphatic heterocycles. The van der Waals surface area contributed by atoms with E-state index in [-0.39, 0.29) is 17.3 Å². The molecule has 2 N–H and O–H groups in total. The first-order valence-electron chi connectivity index (χ1n) is 7.36. The predicted octanol–water partition coefficient (Wildman–Crippen LogP) is 1.37. The van der Waals surface area contributed by atoms with Crippen molar-refractivity contribution in [3.8, 4) is 6.07 Å². The minimum atomic E-state index is -0.00938. The van der Waals surface area contributed by atoms with E-state index >= 15 is 0 Å². The molecule has 0 aliphatic carbocycles. The SMILES string of the molecule is N#CC(=CNc1ccccc1C(=O)N1CCSCC1)c1nn[nH]n1. The number of benzene rings is 1. The van der Waals surface area contributed by atoms with Gasteiger partial charge in [0.05, 0.1) is 11.3 Å². The Hall–Kier alpha value is -2.86. The summed E-state index contributed by atoms with van der Waals surface area (Å²) < 4.78 is 0. The van der Waals surface area contributed by atoms with Crippen LogP contribution in [-0.2, 0) is 0 Å². The quantitative estimate of drug-likeness (QED) is 0.808. The summed E-state index contributed by atoms with van der Waals surface area (Å²) in [6.07, 6.45) is 1.48. The van der Waals surface area contributed by atoms with Crippen LogP contribution in [0.4, 0.5) is 5.69 Å². The number of para-hydroxylation sites is 1. The molecule has 8 nitrogen and oxygen atoms in total. The highest BCUT2D eigenvalue weighted by Gasteiger charge is 2.20. The number of anilines is 1. The zero-order chi connectivity index (χ0) is 16.8. The van der Waals surface area contributed by atoms with E-state index in [9.17, 15) is 10.1 Å². The van der Waals surface area contributed by atoms with Crippen LogP contribution in [0.25, 0.3) is 5.57 Å². The van der Waals surface area contributed by atoms with Gasteiger partial charge in [0.25, 0.3) is 5.91 Å². The number of thioether (sulfide) groups is 1. The van der Waals surface area contributed by atoms with Gasteiger partial charge < -0.3 is 10.2 Å². The summed E-state index contributed by atoms with van der Waals surface area (Å²) in [5, 5.41) is 25.5. The maximum absolute atomic E-state index is 12.7. The summed E-state index contributed by atoms with van der Waals surface area (Å²) in [6.45, 7) is 1.50. The van der Waals surface area contributed by atoms with Gasteiger partial charge in [0.15, 0.2) is 0 Å². The molecule has 1 aromatic carbocycles. The zero-order valence-corrected chi connectivity index (χ0v) is 13.6. The van der Waals surface area contributed by atoms with Gasteiger partial charge in [0, 0.05) is 30.8 Å². The van der Waals surface area contributed by atoms with Gasteiger partial charge in [0.2, 0.25) is 5.82 Å². The van der Waals surface area contributed by atoms with Crippen LogP contribution >= 0.6 is 11.8 Å². The summed E-state index contributed by atoms with van der Waals surface area (Å²) in [4.78, 5) is 14.6. The largest absolute Gasteiger partial charge is 0.360 e. The van der Waals surface area contributed by atoms with E-state index in [1.54, 1.807) is 12.1 Å². The van der Waals surface area contributed by atoms with Crippen molar-refractivity contribution in [1.29, 1.82) is 5.26 Å². The highest BCUT2D eigenvalue weighted by molar-refractivity contribution is 7.99. The fourth-order valence-electron chi connectivity index (χ4n) is 2.30. The van der Waals surface area contributed by atoms with Crippen LogP contribution in [0.3, 0.4) is 0 Å². The van der Waals surface area contributed by atoms with Crippen LogP contribution < -0.4 is 5.32 Å². The second-order valence-corrected chi connectivity index (χ2v) is 6.22. The Morgan fingerprint density at radius 2 is 2.17 bits per heavy atom. The molecule has 0 unspecified atom stereocenters. The molecule has 0 bridgehead atoms. The lowest BCUT2D eigenvalue weighted by Crippen LogP contribution is -2.38. The van der Waals surface area contributed by atoms with Crippen LogP contribution in [0.15, 0.2) is 30.5 Å². The predicted molar refractivity (Wildman–Crippen MR) is 91.1 cm³/mol. The normalized spacial score (nSPS) is 15.0. The Morgan fingerprint density at radius 3 is 2.88 bits per heavy atom. The molecule has 2 aromatic rings. The minimum absolute atomic E-state index is 0.00938. The zero-order valence-electron chi connectivity index (χ0n) is 12.8. The van der Waals surface area contributed by atoms with Gasteiger partial charge in [-0.15, -0.1) is 10.2 Å². The van der Waals surface area contributed by atoms with Crippen LogP contribution in [0, 0.1) is 11.3 Å². The van der Waals surface area contributed by atoms with Gasteiger partial charge in [-0.05, 0) is 17.3 Å². The summed E-state index contributed by atoms with van der Waals surface area (Å²) >= 11 is 1.85. The number of rotatable bonds is 4. The van der Waals surface area contributed by atoms with Crippen molar-refractivity contribution in [2.75, 3.05) is 29.9 Å². The van der Waals surface area contributed by atoms with Crippen molar-refractivity contribution < 1.29 is 4.79 Å². The van der Waals surface area contributed by atoms with E-state index in [1.165, 1.54) is 6.20 Å². The van der Waals surface area contributed by atoms with Crippen LogP contribution in [0.1, 0.15) is 16.2 Å². The van der Waals surface area contributed by atoms with Gasteiger partial charge >= 0.3 is 0 Å². The van der Waals surface area contributed by atoms with Gasteiger partial charge in [0.1, 0.15) is 11.6 Å². The third kappa shape index (κ3) is 3.55. The number of nitriles is 1. The Balaban J connectivity index is 1.81. The van der Waals surface area contributed by atoms with E-state index in [4.69, 9.17) is 0 Å². The molecule has 1 saturated heterocycles. The van der Waals surface area contributed by atoms with Crippen LogP contribution in [0.5, 0.6) is 0 Å². The highest BCUT2D eigenvalue weighted by Crippen LogP contribution is 2.20. The molecule has 122 valence electrons. The van der Waals surface area contributed by atoms with Crippen molar-refractivity contribution >= 4 is 28.9 Å². The van der Waals surface area contributed by atoms with Gasteiger partial charge in [-0.3, -0.25) is 4.79 Å². The van der Waals surface area contributed by atoms with E-state index in [1.807, 2.05) is 34.9 Å². The number of carbonyl (C=O) groups excluding carboxylic acids is 1. The molecule has 1 fully saturated rings. The molecule has 2 heterocycles. The molecular formula is C15H15N7OS. The third-order valence-corrected chi connectivity index (χ3v) is 4.48. The van der Waals surface area contributed by atoms with Crippen molar-refractivity contribution in [2.45, 2.75) is 0 Å². The van der Waals surface area contributed by atoms with Crippen molar-refractivity contribution in [2.24, 2.45) is 0 Å². The first kappa shape index (κ1) is 16.0. The molecule has 1 aromatic heterocycles. The van der Waals surface area contributed by atoms with Gasteiger partial charge in [-0.25, -0.2) is 0 Å². The molecule has 0 radical (unpaired) electrons. The second kappa shape index (κ2) is 7.61.